The predicted octanol–water partition coefficient (Wildman–Crippen LogP) is 1.40. The van der Waals surface area contributed by atoms with E-state index >= 15 is 0 Å². The molecule has 94 valence electrons. The van der Waals surface area contributed by atoms with Crippen molar-refractivity contribution in [2.24, 2.45) is 0 Å². The Labute approximate surface area is 109 Å². The van der Waals surface area contributed by atoms with Gasteiger partial charge in [0.25, 0.3) is 0 Å². The van der Waals surface area contributed by atoms with Crippen molar-refractivity contribution in [2.45, 2.75) is 25.3 Å². The van der Waals surface area contributed by atoms with E-state index in [0.29, 0.717) is 17.0 Å². The van der Waals surface area contributed by atoms with Crippen molar-refractivity contribution < 1.29 is 0 Å². The highest BCUT2D eigenvalue weighted by Gasteiger charge is 2.20. The zero-order chi connectivity index (χ0) is 12.5. The molecule has 0 saturated carbocycles. The standard InChI is InChI=1S/C11H13ClN6/c12-9-4-10(17-11(13)16-9)15-7-1-2-8-6(3-7)5-14-18-8/h4-5,7H,1-3H2,(H,14,18)(H3,13,15,16,17). The minimum Gasteiger partial charge on any atom is -0.368 e. The predicted molar refractivity (Wildman–Crippen MR) is 69.5 cm³/mol. The number of nitrogens with two attached hydrogens (primary N) is 1. The number of aryl methyl sites for hydroxylation is 1. The number of halogens is 1. The summed E-state index contributed by atoms with van der Waals surface area (Å²) in [5.74, 6) is 0.856. The average Bonchev–Trinajstić information content (AvgIpc) is 2.74. The summed E-state index contributed by atoms with van der Waals surface area (Å²) < 4.78 is 0. The van der Waals surface area contributed by atoms with Crippen LogP contribution in [0.1, 0.15) is 17.7 Å². The normalized spacial score (nSPS) is 18.4. The Kier molecular flexibility index (Phi) is 2.79. The van der Waals surface area contributed by atoms with Crippen LogP contribution in [0.25, 0.3) is 0 Å². The number of hydrogen-bond acceptors (Lipinski definition) is 5. The lowest BCUT2D eigenvalue weighted by Gasteiger charge is -2.23. The van der Waals surface area contributed by atoms with Crippen LogP contribution in [0.5, 0.6) is 0 Å². The SMILES string of the molecule is Nc1nc(Cl)cc(NC2CCc3[nH]ncc3C2)n1. The van der Waals surface area contributed by atoms with Crippen LogP contribution < -0.4 is 11.1 Å². The number of nitrogens with one attached hydrogen (secondary N) is 2. The lowest BCUT2D eigenvalue weighted by atomic mass is 9.93. The fourth-order valence-electron chi connectivity index (χ4n) is 2.26. The van der Waals surface area contributed by atoms with Gasteiger partial charge >= 0.3 is 0 Å². The minimum atomic E-state index is 0.185. The Balaban J connectivity index is 1.74. The molecule has 1 aliphatic carbocycles. The zero-order valence-corrected chi connectivity index (χ0v) is 10.4. The molecule has 2 heterocycles. The van der Waals surface area contributed by atoms with Crippen LogP contribution in [0.4, 0.5) is 11.8 Å². The largest absolute Gasteiger partial charge is 0.368 e. The van der Waals surface area contributed by atoms with E-state index < -0.39 is 0 Å². The number of nitrogens with zero attached hydrogens (tertiary/aromatic N) is 3. The minimum absolute atomic E-state index is 0.185. The smallest absolute Gasteiger partial charge is 0.223 e. The van der Waals surface area contributed by atoms with E-state index in [0.717, 1.165) is 19.3 Å². The first-order chi connectivity index (χ1) is 8.70. The van der Waals surface area contributed by atoms with Crippen LogP contribution in [0, 0.1) is 0 Å². The van der Waals surface area contributed by atoms with E-state index in [1.54, 1.807) is 6.07 Å². The lowest BCUT2D eigenvalue weighted by Crippen LogP contribution is -2.27. The molecule has 4 N–H and O–H groups in total. The van der Waals surface area contributed by atoms with Crippen LogP contribution in [0.2, 0.25) is 5.15 Å². The number of hydrogen-bond donors (Lipinski definition) is 3. The molecule has 1 unspecified atom stereocenters. The summed E-state index contributed by atoms with van der Waals surface area (Å²) in [6.45, 7) is 0. The second kappa shape index (κ2) is 4.45. The molecule has 3 rings (SSSR count). The molecule has 2 aromatic heterocycles. The van der Waals surface area contributed by atoms with Gasteiger partial charge in [-0.3, -0.25) is 5.10 Å². The van der Waals surface area contributed by atoms with Gasteiger partial charge in [-0.25, -0.2) is 4.98 Å². The number of aromatic nitrogens is 4. The van der Waals surface area contributed by atoms with Crippen LogP contribution in [0.15, 0.2) is 12.3 Å². The third kappa shape index (κ3) is 2.24. The number of aromatic amines is 1. The first-order valence-electron chi connectivity index (χ1n) is 5.78. The summed E-state index contributed by atoms with van der Waals surface area (Å²) in [4.78, 5) is 7.95. The number of fused-ring (bicyclic) bond motifs is 1. The summed E-state index contributed by atoms with van der Waals surface area (Å²) in [5, 5.41) is 10.8. The van der Waals surface area contributed by atoms with Crippen molar-refractivity contribution in [1.29, 1.82) is 0 Å². The van der Waals surface area contributed by atoms with Gasteiger partial charge in [-0.05, 0) is 24.8 Å². The Bertz CT molecular complexity index is 546. The van der Waals surface area contributed by atoms with Gasteiger partial charge < -0.3 is 11.1 Å². The Morgan fingerprint density at radius 2 is 2.33 bits per heavy atom. The highest BCUT2D eigenvalue weighted by atomic mass is 35.5. The van der Waals surface area contributed by atoms with Gasteiger partial charge in [-0.15, -0.1) is 0 Å². The van der Waals surface area contributed by atoms with Crippen molar-refractivity contribution >= 4 is 23.4 Å². The summed E-state index contributed by atoms with van der Waals surface area (Å²) in [5.41, 5.74) is 8.05. The van der Waals surface area contributed by atoms with E-state index in [-0.39, 0.29) is 5.95 Å². The van der Waals surface area contributed by atoms with Crippen LogP contribution in [0.3, 0.4) is 0 Å². The molecule has 0 amide bonds. The Morgan fingerprint density at radius 3 is 3.17 bits per heavy atom. The monoisotopic (exact) mass is 264 g/mol. The van der Waals surface area contributed by atoms with E-state index in [2.05, 4.69) is 25.5 Å². The Hall–Kier alpha value is -1.82. The van der Waals surface area contributed by atoms with Crippen molar-refractivity contribution in [2.75, 3.05) is 11.1 Å². The second-order valence-corrected chi connectivity index (χ2v) is 4.78. The number of anilines is 2. The van der Waals surface area contributed by atoms with Crippen molar-refractivity contribution in [1.82, 2.24) is 20.2 Å². The molecule has 2 aromatic rings. The molecular weight excluding hydrogens is 252 g/mol. The lowest BCUT2D eigenvalue weighted by molar-refractivity contribution is 0.602. The molecule has 18 heavy (non-hydrogen) atoms. The van der Waals surface area contributed by atoms with E-state index in [1.165, 1.54) is 11.3 Å². The maximum atomic E-state index is 5.85. The average molecular weight is 265 g/mol. The number of nitrogen functional groups attached to an aromatic ring is 1. The van der Waals surface area contributed by atoms with Gasteiger partial charge in [0.2, 0.25) is 5.95 Å². The molecule has 0 aliphatic heterocycles. The third-order valence-corrected chi connectivity index (χ3v) is 3.27. The summed E-state index contributed by atoms with van der Waals surface area (Å²) in [7, 11) is 0. The summed E-state index contributed by atoms with van der Waals surface area (Å²) in [6.07, 6.45) is 4.82. The number of H-pyrrole nitrogens is 1. The molecule has 7 heteroatoms. The third-order valence-electron chi connectivity index (χ3n) is 3.08. The second-order valence-electron chi connectivity index (χ2n) is 4.39. The summed E-state index contributed by atoms with van der Waals surface area (Å²) in [6, 6.07) is 2.00. The van der Waals surface area contributed by atoms with Crippen LogP contribution >= 0.6 is 11.6 Å². The fourth-order valence-corrected chi connectivity index (χ4v) is 2.45. The van der Waals surface area contributed by atoms with Crippen molar-refractivity contribution in [3.05, 3.63) is 28.7 Å². The van der Waals surface area contributed by atoms with E-state index in [9.17, 15) is 0 Å². The van der Waals surface area contributed by atoms with Crippen molar-refractivity contribution in [3.8, 4) is 0 Å². The first kappa shape index (κ1) is 11.3. The maximum Gasteiger partial charge on any atom is 0.223 e. The highest BCUT2D eigenvalue weighted by Crippen LogP contribution is 2.22. The molecule has 0 spiro atoms. The van der Waals surface area contributed by atoms with Crippen molar-refractivity contribution in [3.63, 3.8) is 0 Å². The van der Waals surface area contributed by atoms with Gasteiger partial charge in [0.1, 0.15) is 11.0 Å². The molecule has 0 bridgehead atoms. The molecule has 0 saturated heterocycles. The van der Waals surface area contributed by atoms with Gasteiger partial charge in [-0.1, -0.05) is 11.6 Å². The van der Waals surface area contributed by atoms with E-state index in [1.807, 2.05) is 6.20 Å². The van der Waals surface area contributed by atoms with Crippen LogP contribution in [-0.2, 0) is 12.8 Å². The van der Waals surface area contributed by atoms with Crippen LogP contribution in [-0.4, -0.2) is 26.2 Å². The topological polar surface area (TPSA) is 92.5 Å². The molecule has 1 atom stereocenters. The first-order valence-corrected chi connectivity index (χ1v) is 6.16. The van der Waals surface area contributed by atoms with Gasteiger partial charge in [0, 0.05) is 17.8 Å². The van der Waals surface area contributed by atoms with Gasteiger partial charge in [-0.2, -0.15) is 10.1 Å². The Morgan fingerprint density at radius 1 is 1.44 bits per heavy atom. The van der Waals surface area contributed by atoms with Gasteiger partial charge in [0.15, 0.2) is 0 Å². The number of rotatable bonds is 2. The maximum absolute atomic E-state index is 5.85. The molecule has 0 radical (unpaired) electrons. The molecule has 0 fully saturated rings. The quantitative estimate of drug-likeness (QED) is 0.713. The van der Waals surface area contributed by atoms with E-state index in [4.69, 9.17) is 17.3 Å². The molecule has 6 nitrogen and oxygen atoms in total. The molecular formula is C11H13ClN6. The highest BCUT2D eigenvalue weighted by molar-refractivity contribution is 6.29. The fraction of sp³-hybridized carbons (Fsp3) is 0.364. The molecule has 0 aromatic carbocycles. The van der Waals surface area contributed by atoms with Gasteiger partial charge in [0.05, 0.1) is 6.20 Å². The summed E-state index contributed by atoms with van der Waals surface area (Å²) >= 11 is 5.85. The molecule has 1 aliphatic rings. The zero-order valence-electron chi connectivity index (χ0n) is 9.65.